The van der Waals surface area contributed by atoms with Crippen molar-refractivity contribution in [2.24, 2.45) is 0 Å². The van der Waals surface area contributed by atoms with Gasteiger partial charge in [-0.1, -0.05) is 19.1 Å². The van der Waals surface area contributed by atoms with Gasteiger partial charge in [-0.3, -0.25) is 0 Å². The lowest BCUT2D eigenvalue weighted by molar-refractivity contribution is 0.0510. The molecular weight excluding hydrogens is 436 g/mol. The van der Waals surface area contributed by atoms with Crippen LogP contribution in [0.3, 0.4) is 0 Å². The first kappa shape index (κ1) is 21.6. The zero-order valence-electron chi connectivity index (χ0n) is 17.9. The van der Waals surface area contributed by atoms with E-state index in [9.17, 15) is 4.79 Å². The summed E-state index contributed by atoms with van der Waals surface area (Å²) in [7, 11) is 1.69. The van der Waals surface area contributed by atoms with Gasteiger partial charge >= 0.3 is 5.97 Å². The number of nitrogens with zero attached hydrogens (tertiary/aromatic N) is 4. The lowest BCUT2D eigenvalue weighted by Gasteiger charge is -2.37. The van der Waals surface area contributed by atoms with Gasteiger partial charge in [-0.15, -0.1) is 11.3 Å². The fourth-order valence-corrected chi connectivity index (χ4v) is 5.11. The number of carbonyl (C=O) groups excluding carboxylic acids is 1. The number of esters is 1. The molecule has 0 bridgehead atoms. The van der Waals surface area contributed by atoms with Crippen molar-refractivity contribution in [3.63, 3.8) is 0 Å². The number of hydrogen-bond donors (Lipinski definition) is 0. The van der Waals surface area contributed by atoms with Crippen LogP contribution < -0.4 is 14.5 Å². The van der Waals surface area contributed by atoms with Crippen LogP contribution in [-0.4, -0.2) is 55.8 Å². The number of carbonyl (C=O) groups is 1. The van der Waals surface area contributed by atoms with Crippen molar-refractivity contribution >= 4 is 50.6 Å². The molecule has 3 aromatic rings. The third-order valence-electron chi connectivity index (χ3n) is 5.37. The minimum Gasteiger partial charge on any atom is -0.495 e. The normalized spacial score (nSPS) is 14.2. The van der Waals surface area contributed by atoms with Crippen LogP contribution in [0, 0.1) is 6.92 Å². The minimum atomic E-state index is -0.314. The Morgan fingerprint density at radius 2 is 1.87 bits per heavy atom. The van der Waals surface area contributed by atoms with Crippen molar-refractivity contribution in [3.05, 3.63) is 40.0 Å². The first-order chi connectivity index (χ1) is 15.0. The van der Waals surface area contributed by atoms with Gasteiger partial charge in [0.2, 0.25) is 5.28 Å². The Morgan fingerprint density at radius 3 is 2.58 bits per heavy atom. The molecule has 0 saturated carbocycles. The Bertz CT molecular complexity index is 1100. The second-order valence-electron chi connectivity index (χ2n) is 7.33. The molecule has 4 rings (SSSR count). The van der Waals surface area contributed by atoms with Gasteiger partial charge in [0.05, 0.1) is 24.8 Å². The van der Waals surface area contributed by atoms with Crippen LogP contribution in [0.2, 0.25) is 5.28 Å². The van der Waals surface area contributed by atoms with Gasteiger partial charge in [0.1, 0.15) is 21.3 Å². The van der Waals surface area contributed by atoms with Crippen LogP contribution in [0.1, 0.15) is 28.6 Å². The van der Waals surface area contributed by atoms with Gasteiger partial charge < -0.3 is 19.3 Å². The number of thiophene rings is 1. The molecule has 0 atom stereocenters. The van der Waals surface area contributed by atoms with Crippen molar-refractivity contribution in [1.29, 1.82) is 0 Å². The molecule has 0 aliphatic carbocycles. The average molecular weight is 461 g/mol. The van der Waals surface area contributed by atoms with Crippen LogP contribution in [0.5, 0.6) is 5.75 Å². The van der Waals surface area contributed by atoms with Crippen molar-refractivity contribution in [1.82, 2.24) is 9.97 Å². The van der Waals surface area contributed by atoms with Crippen molar-refractivity contribution < 1.29 is 14.3 Å². The summed E-state index contributed by atoms with van der Waals surface area (Å²) in [5.41, 5.74) is 1.93. The second-order valence-corrected chi connectivity index (χ2v) is 8.67. The standard InChI is InChI=1S/C22H25ClN4O3S/c1-4-13-30-21(28)18-14(2)17-19(24-22(23)25-20(17)31-18)27-11-9-26(10-12-27)15-7-5-6-8-16(15)29-3/h5-8H,4,9-13H2,1-3H3. The van der Waals surface area contributed by atoms with E-state index in [0.717, 1.165) is 60.8 Å². The van der Waals surface area contributed by atoms with Crippen LogP contribution in [0.15, 0.2) is 24.3 Å². The Labute approximate surface area is 190 Å². The van der Waals surface area contributed by atoms with Crippen LogP contribution in [0.25, 0.3) is 10.2 Å². The summed E-state index contributed by atoms with van der Waals surface area (Å²) < 4.78 is 10.9. The van der Waals surface area contributed by atoms with E-state index in [1.54, 1.807) is 7.11 Å². The number of methoxy groups -OCH3 is 1. The number of aromatic nitrogens is 2. The molecular formula is C22H25ClN4O3S. The number of rotatable bonds is 6. The molecule has 0 N–H and O–H groups in total. The molecule has 1 aromatic carbocycles. The van der Waals surface area contributed by atoms with Crippen LogP contribution in [0.4, 0.5) is 11.5 Å². The highest BCUT2D eigenvalue weighted by Crippen LogP contribution is 2.37. The first-order valence-corrected chi connectivity index (χ1v) is 11.5. The summed E-state index contributed by atoms with van der Waals surface area (Å²) in [6, 6.07) is 8.04. The third kappa shape index (κ3) is 4.27. The zero-order chi connectivity index (χ0) is 22.0. The summed E-state index contributed by atoms with van der Waals surface area (Å²) >= 11 is 7.56. The highest BCUT2D eigenvalue weighted by atomic mass is 35.5. The number of halogens is 1. The van der Waals surface area contributed by atoms with E-state index in [4.69, 9.17) is 21.1 Å². The fraction of sp³-hybridized carbons (Fsp3) is 0.409. The molecule has 1 aliphatic heterocycles. The van der Waals surface area contributed by atoms with Crippen molar-refractivity contribution in [2.45, 2.75) is 20.3 Å². The average Bonchev–Trinajstić information content (AvgIpc) is 3.13. The van der Waals surface area contributed by atoms with Gasteiger partial charge in [0.15, 0.2) is 0 Å². The van der Waals surface area contributed by atoms with Gasteiger partial charge in [0.25, 0.3) is 0 Å². The summed E-state index contributed by atoms with van der Waals surface area (Å²) in [5.74, 6) is 1.33. The predicted octanol–water partition coefficient (Wildman–Crippen LogP) is 4.56. The van der Waals surface area contributed by atoms with Crippen LogP contribution >= 0.6 is 22.9 Å². The SMILES string of the molecule is CCCOC(=O)c1sc2nc(Cl)nc(N3CCN(c4ccccc4OC)CC3)c2c1C. The Kier molecular flexibility index (Phi) is 6.48. The van der Waals surface area contributed by atoms with Gasteiger partial charge in [-0.05, 0) is 42.6 Å². The smallest absolute Gasteiger partial charge is 0.348 e. The number of hydrogen-bond acceptors (Lipinski definition) is 8. The van der Waals surface area contributed by atoms with Crippen molar-refractivity contribution in [3.8, 4) is 5.75 Å². The molecule has 1 aliphatic rings. The van der Waals surface area contributed by atoms with Gasteiger partial charge in [-0.2, -0.15) is 4.98 Å². The van der Waals surface area contributed by atoms with E-state index < -0.39 is 0 Å². The molecule has 9 heteroatoms. The molecule has 0 amide bonds. The lowest BCUT2D eigenvalue weighted by Crippen LogP contribution is -2.47. The van der Waals surface area contributed by atoms with E-state index in [2.05, 4.69) is 25.8 Å². The zero-order valence-corrected chi connectivity index (χ0v) is 19.4. The maximum atomic E-state index is 12.5. The lowest BCUT2D eigenvalue weighted by atomic mass is 10.1. The van der Waals surface area contributed by atoms with Crippen LogP contribution in [-0.2, 0) is 4.74 Å². The number of para-hydroxylation sites is 2. The molecule has 2 aromatic heterocycles. The van der Waals surface area contributed by atoms with Gasteiger partial charge in [0, 0.05) is 26.2 Å². The molecule has 164 valence electrons. The Balaban J connectivity index is 1.61. The number of benzene rings is 1. The summed E-state index contributed by atoms with van der Waals surface area (Å²) in [5, 5.41) is 1.06. The monoisotopic (exact) mass is 460 g/mol. The molecule has 7 nitrogen and oxygen atoms in total. The van der Waals surface area contributed by atoms with E-state index in [1.807, 2.05) is 32.0 Å². The third-order valence-corrected chi connectivity index (χ3v) is 6.71. The number of ether oxygens (including phenoxy) is 2. The molecule has 1 fully saturated rings. The molecule has 1 saturated heterocycles. The summed E-state index contributed by atoms with van der Waals surface area (Å²) in [4.78, 5) is 27.2. The maximum absolute atomic E-state index is 12.5. The number of fused-ring (bicyclic) bond motifs is 1. The molecule has 31 heavy (non-hydrogen) atoms. The largest absolute Gasteiger partial charge is 0.495 e. The molecule has 0 spiro atoms. The maximum Gasteiger partial charge on any atom is 0.348 e. The minimum absolute atomic E-state index is 0.185. The fourth-order valence-electron chi connectivity index (χ4n) is 3.83. The van der Waals surface area contributed by atoms with E-state index in [0.29, 0.717) is 16.3 Å². The highest BCUT2D eigenvalue weighted by Gasteiger charge is 2.26. The Hall–Kier alpha value is -2.58. The summed E-state index contributed by atoms with van der Waals surface area (Å²) in [6.45, 7) is 7.47. The number of anilines is 2. The molecule has 3 heterocycles. The summed E-state index contributed by atoms with van der Waals surface area (Å²) in [6.07, 6.45) is 0.781. The first-order valence-electron chi connectivity index (χ1n) is 10.3. The van der Waals surface area contributed by atoms with E-state index in [-0.39, 0.29) is 11.3 Å². The quantitative estimate of drug-likeness (QED) is 0.394. The second kappa shape index (κ2) is 9.28. The number of aryl methyl sites for hydroxylation is 1. The topological polar surface area (TPSA) is 67.8 Å². The van der Waals surface area contributed by atoms with Crippen molar-refractivity contribution in [2.75, 3.05) is 49.7 Å². The molecule has 0 unspecified atom stereocenters. The van der Waals surface area contributed by atoms with Gasteiger partial charge in [-0.25, -0.2) is 9.78 Å². The number of piperazine rings is 1. The Morgan fingerprint density at radius 1 is 1.16 bits per heavy atom. The van der Waals surface area contributed by atoms with E-state index in [1.165, 1.54) is 11.3 Å². The molecule has 0 radical (unpaired) electrons. The highest BCUT2D eigenvalue weighted by molar-refractivity contribution is 7.20. The van der Waals surface area contributed by atoms with E-state index >= 15 is 0 Å². The predicted molar refractivity (Wildman–Crippen MR) is 125 cm³/mol.